The van der Waals surface area contributed by atoms with Gasteiger partial charge in [-0.1, -0.05) is 0 Å². The van der Waals surface area contributed by atoms with E-state index in [1.54, 1.807) is 11.1 Å². The maximum Gasteiger partial charge on any atom is -1.00 e. The quantitative estimate of drug-likeness (QED) is 0.610. The molecule has 135 valence electrons. The number of halogens is 2. The van der Waals surface area contributed by atoms with Gasteiger partial charge in [-0.3, -0.25) is 0 Å². The van der Waals surface area contributed by atoms with Gasteiger partial charge in [0.2, 0.25) is 0 Å². The van der Waals surface area contributed by atoms with Gasteiger partial charge in [-0.25, -0.2) is 0 Å². The summed E-state index contributed by atoms with van der Waals surface area (Å²) >= 11 is -2.68. The molecule has 3 heteroatoms. The van der Waals surface area contributed by atoms with Gasteiger partial charge in [0, 0.05) is 0 Å². The molecule has 2 unspecified atom stereocenters. The Morgan fingerprint density at radius 1 is 0.769 bits per heavy atom. The summed E-state index contributed by atoms with van der Waals surface area (Å²) < 4.78 is 6.71. The number of hydrogen-bond acceptors (Lipinski definition) is 0. The van der Waals surface area contributed by atoms with Crippen LogP contribution in [-0.2, 0) is 19.8 Å². The van der Waals surface area contributed by atoms with Gasteiger partial charge in [-0.15, -0.1) is 0 Å². The first-order valence-corrected chi connectivity index (χ1v) is 15.7. The Hall–Kier alpha value is -0.747. The van der Waals surface area contributed by atoms with E-state index in [2.05, 4.69) is 95.0 Å². The average molecular weight is 464 g/mol. The fourth-order valence-corrected chi connectivity index (χ4v) is 17.3. The SMILES string of the molecule is CC(C)[CH]=[Zr+2]([CH3])([CH]1C=Cc2ccccc21)[CH]1C=Cc2ccccc21.[Cl-].[Cl-]. The maximum absolute atomic E-state index is 2.78. The van der Waals surface area contributed by atoms with Gasteiger partial charge >= 0.3 is 150 Å². The molecule has 0 fully saturated rings. The monoisotopic (exact) mass is 461 g/mol. The van der Waals surface area contributed by atoms with E-state index >= 15 is 0 Å². The molecule has 0 aliphatic heterocycles. The molecule has 2 atom stereocenters. The van der Waals surface area contributed by atoms with Crippen LogP contribution in [0, 0.1) is 5.92 Å². The maximum atomic E-state index is 2.78. The Bertz CT molecular complexity index is 827. The number of rotatable bonds is 3. The third kappa shape index (κ3) is 3.64. The van der Waals surface area contributed by atoms with Crippen LogP contribution in [0.15, 0.2) is 60.7 Å². The zero-order chi connectivity index (χ0) is 16.7. The minimum Gasteiger partial charge on any atom is -1.00 e. The molecule has 0 nitrogen and oxygen atoms in total. The summed E-state index contributed by atoms with van der Waals surface area (Å²) in [4.78, 5) is 0. The van der Waals surface area contributed by atoms with Crippen molar-refractivity contribution in [1.82, 2.24) is 0 Å². The Labute approximate surface area is 174 Å². The molecule has 0 aromatic heterocycles. The molecule has 4 rings (SSSR count). The molecule has 0 amide bonds. The Balaban J connectivity index is 0.00000121. The van der Waals surface area contributed by atoms with Gasteiger partial charge in [0.15, 0.2) is 0 Å². The van der Waals surface area contributed by atoms with E-state index in [9.17, 15) is 0 Å². The normalized spacial score (nSPS) is 20.2. The fraction of sp³-hybridized carbons (Fsp3) is 0.261. The molecule has 2 aliphatic rings. The minimum absolute atomic E-state index is 0. The van der Waals surface area contributed by atoms with E-state index < -0.39 is 19.8 Å². The number of benzene rings is 2. The standard InChI is InChI=1S/2C9H7.C4H8.CH3.2ClH.Zr/c2*1-2-5-9-7-3-6-8(9)4-1;1-4(2)3;;;;/h2*1-7H;1,4H,2-3H3;1H3;2*1H;/q;;;;;;+2/p-2. The van der Waals surface area contributed by atoms with Crippen molar-refractivity contribution in [3.8, 4) is 0 Å². The summed E-state index contributed by atoms with van der Waals surface area (Å²) in [5.41, 5.74) is 5.98. The van der Waals surface area contributed by atoms with E-state index in [1.165, 1.54) is 11.1 Å². The summed E-state index contributed by atoms with van der Waals surface area (Å²) in [6.45, 7) is 4.70. The number of allylic oxidation sites excluding steroid dienone is 2. The molecular weight excluding hydrogens is 438 g/mol. The van der Waals surface area contributed by atoms with Crippen molar-refractivity contribution in [1.29, 1.82) is 0 Å². The van der Waals surface area contributed by atoms with Crippen LogP contribution in [0.3, 0.4) is 0 Å². The zero-order valence-corrected chi connectivity index (χ0v) is 19.5. The Morgan fingerprint density at radius 2 is 1.19 bits per heavy atom. The van der Waals surface area contributed by atoms with Crippen LogP contribution >= 0.6 is 0 Å². The van der Waals surface area contributed by atoms with Gasteiger partial charge in [-0.05, 0) is 0 Å². The van der Waals surface area contributed by atoms with Crippen LogP contribution in [0.25, 0.3) is 12.2 Å². The fourth-order valence-electron chi connectivity index (χ4n) is 4.70. The van der Waals surface area contributed by atoms with Crippen molar-refractivity contribution in [3.05, 3.63) is 82.9 Å². The van der Waals surface area contributed by atoms with Gasteiger partial charge in [0.1, 0.15) is 0 Å². The molecule has 26 heavy (non-hydrogen) atoms. The molecule has 2 aromatic carbocycles. The van der Waals surface area contributed by atoms with E-state index in [0.717, 1.165) is 0 Å². The molecule has 0 bridgehead atoms. The summed E-state index contributed by atoms with van der Waals surface area (Å²) in [5, 5.41) is 0. The summed E-state index contributed by atoms with van der Waals surface area (Å²) in [6.07, 6.45) is 9.73. The first kappa shape index (κ1) is 21.6. The molecule has 0 spiro atoms. The molecule has 0 N–H and O–H groups in total. The number of fused-ring (bicyclic) bond motifs is 2. The molecular formula is C23H25Cl2Zr. The second-order valence-corrected chi connectivity index (χ2v) is 18.3. The summed E-state index contributed by atoms with van der Waals surface area (Å²) in [7, 11) is 0. The van der Waals surface area contributed by atoms with Crippen molar-refractivity contribution < 1.29 is 44.6 Å². The molecule has 2 aromatic rings. The number of hydrogen-bond donors (Lipinski definition) is 0. The molecule has 0 heterocycles. The predicted molar refractivity (Wildman–Crippen MR) is 103 cm³/mol. The molecule has 2 aliphatic carbocycles. The summed E-state index contributed by atoms with van der Waals surface area (Å²) in [6, 6.07) is 18.0. The predicted octanol–water partition coefficient (Wildman–Crippen LogP) is 0.191. The first-order chi connectivity index (χ1) is 11.6. The third-order valence-corrected chi connectivity index (χ3v) is 18.1. The van der Waals surface area contributed by atoms with Crippen molar-refractivity contribution in [2.75, 3.05) is 0 Å². The third-order valence-electron chi connectivity index (χ3n) is 5.63. The Morgan fingerprint density at radius 3 is 1.62 bits per heavy atom. The van der Waals surface area contributed by atoms with Gasteiger partial charge in [-0.2, -0.15) is 0 Å². The van der Waals surface area contributed by atoms with Crippen LogP contribution in [0.4, 0.5) is 0 Å². The first-order valence-electron chi connectivity index (χ1n) is 9.00. The summed E-state index contributed by atoms with van der Waals surface area (Å²) in [5.74, 6) is 0.646. The van der Waals surface area contributed by atoms with Crippen molar-refractivity contribution in [2.24, 2.45) is 5.92 Å². The van der Waals surface area contributed by atoms with Crippen molar-refractivity contribution in [2.45, 2.75) is 25.7 Å². The molecule has 0 radical (unpaired) electrons. The van der Waals surface area contributed by atoms with Crippen LogP contribution in [-0.4, -0.2) is 3.71 Å². The van der Waals surface area contributed by atoms with E-state index in [0.29, 0.717) is 13.2 Å². The van der Waals surface area contributed by atoms with Crippen LogP contribution in [0.2, 0.25) is 4.63 Å². The van der Waals surface area contributed by atoms with Gasteiger partial charge < -0.3 is 24.8 Å². The minimum atomic E-state index is -2.68. The average Bonchev–Trinajstić information content (AvgIpc) is 3.19. The van der Waals surface area contributed by atoms with Crippen molar-refractivity contribution in [3.63, 3.8) is 0 Å². The van der Waals surface area contributed by atoms with Crippen LogP contribution < -0.4 is 24.8 Å². The van der Waals surface area contributed by atoms with Gasteiger partial charge in [0.05, 0.1) is 0 Å². The van der Waals surface area contributed by atoms with E-state index in [4.69, 9.17) is 0 Å². The molecule has 0 saturated carbocycles. The Kier molecular flexibility index (Phi) is 7.05. The van der Waals surface area contributed by atoms with E-state index in [-0.39, 0.29) is 24.8 Å². The van der Waals surface area contributed by atoms with E-state index in [1.807, 2.05) is 0 Å². The zero-order valence-electron chi connectivity index (χ0n) is 15.5. The largest absolute Gasteiger partial charge is 1.00 e. The topological polar surface area (TPSA) is 0 Å². The van der Waals surface area contributed by atoms with Crippen molar-refractivity contribution >= 4 is 15.9 Å². The van der Waals surface area contributed by atoms with Gasteiger partial charge in [0.25, 0.3) is 0 Å². The second kappa shape index (κ2) is 8.51. The van der Waals surface area contributed by atoms with Crippen LogP contribution in [0.1, 0.15) is 43.4 Å². The second-order valence-electron chi connectivity index (χ2n) is 7.71. The molecule has 0 saturated heterocycles. The van der Waals surface area contributed by atoms with Crippen LogP contribution in [0.5, 0.6) is 0 Å². The smallest absolute Gasteiger partial charge is 1.00 e.